The van der Waals surface area contributed by atoms with E-state index in [0.29, 0.717) is 12.1 Å². The third kappa shape index (κ3) is 3.05. The number of carbonyl (C=O) groups is 1. The summed E-state index contributed by atoms with van der Waals surface area (Å²) in [6, 6.07) is 16.6. The molecule has 0 radical (unpaired) electrons. The SMILES string of the molecule is O=C(Nc1cccc2ccccc12)N[C@@H]1C[C@H]1c1c(F)cccc1F. The van der Waals surface area contributed by atoms with Crippen molar-refractivity contribution in [2.45, 2.75) is 18.4 Å². The second-order valence-electron chi connectivity index (χ2n) is 6.21. The van der Waals surface area contributed by atoms with Gasteiger partial charge in [-0.25, -0.2) is 13.6 Å². The molecule has 5 heteroatoms. The van der Waals surface area contributed by atoms with Crippen molar-refractivity contribution in [2.24, 2.45) is 0 Å². The normalized spacial score (nSPS) is 18.8. The van der Waals surface area contributed by atoms with Crippen molar-refractivity contribution in [3.63, 3.8) is 0 Å². The lowest BCUT2D eigenvalue weighted by Gasteiger charge is -2.10. The van der Waals surface area contributed by atoms with Crippen LogP contribution in [0.15, 0.2) is 60.7 Å². The van der Waals surface area contributed by atoms with Gasteiger partial charge in [0.05, 0.1) is 5.69 Å². The van der Waals surface area contributed by atoms with Crippen molar-refractivity contribution in [1.29, 1.82) is 0 Å². The van der Waals surface area contributed by atoms with E-state index < -0.39 is 11.6 Å². The Morgan fingerprint density at radius 2 is 1.60 bits per heavy atom. The molecule has 3 nitrogen and oxygen atoms in total. The van der Waals surface area contributed by atoms with Gasteiger partial charge < -0.3 is 10.6 Å². The van der Waals surface area contributed by atoms with Crippen LogP contribution in [0.25, 0.3) is 10.8 Å². The van der Waals surface area contributed by atoms with Crippen molar-refractivity contribution in [3.05, 3.63) is 77.9 Å². The zero-order valence-electron chi connectivity index (χ0n) is 13.3. The lowest BCUT2D eigenvalue weighted by molar-refractivity contribution is 0.251. The number of halogens is 2. The van der Waals surface area contributed by atoms with Crippen LogP contribution in [0, 0.1) is 11.6 Å². The number of nitrogens with one attached hydrogen (secondary N) is 2. The van der Waals surface area contributed by atoms with Gasteiger partial charge in [-0.05, 0) is 30.0 Å². The highest BCUT2D eigenvalue weighted by atomic mass is 19.1. The van der Waals surface area contributed by atoms with Crippen LogP contribution in [-0.2, 0) is 0 Å². The number of anilines is 1. The molecule has 0 bridgehead atoms. The van der Waals surface area contributed by atoms with Gasteiger partial charge in [0.15, 0.2) is 0 Å². The Bertz CT molecular complexity index is 932. The molecule has 0 aromatic heterocycles. The molecule has 2 amide bonds. The summed E-state index contributed by atoms with van der Waals surface area (Å²) in [5, 5.41) is 7.57. The lowest BCUT2D eigenvalue weighted by atomic mass is 10.1. The first-order valence-corrected chi connectivity index (χ1v) is 8.12. The van der Waals surface area contributed by atoms with E-state index in [0.717, 1.165) is 10.8 Å². The van der Waals surface area contributed by atoms with E-state index in [1.807, 2.05) is 42.5 Å². The third-order valence-electron chi connectivity index (χ3n) is 4.52. The standard InChI is InChI=1S/C20H16F2N2O/c21-15-8-4-9-16(22)19(15)14-11-18(14)24-20(25)23-17-10-3-6-12-5-1-2-7-13(12)17/h1-10,14,18H,11H2,(H2,23,24,25)/t14-,18-/m1/s1. The number of fused-ring (bicyclic) bond motifs is 1. The van der Waals surface area contributed by atoms with Gasteiger partial charge in [0.1, 0.15) is 11.6 Å². The summed E-state index contributed by atoms with van der Waals surface area (Å²) in [6.07, 6.45) is 0.529. The van der Waals surface area contributed by atoms with E-state index in [9.17, 15) is 13.6 Å². The molecular weight excluding hydrogens is 322 g/mol. The predicted molar refractivity (Wildman–Crippen MR) is 93.6 cm³/mol. The molecule has 0 saturated heterocycles. The van der Waals surface area contributed by atoms with Gasteiger partial charge in [0.2, 0.25) is 0 Å². The Kier molecular flexibility index (Phi) is 3.84. The smallest absolute Gasteiger partial charge is 0.319 e. The highest BCUT2D eigenvalue weighted by Gasteiger charge is 2.42. The fourth-order valence-corrected chi connectivity index (χ4v) is 3.20. The quantitative estimate of drug-likeness (QED) is 0.708. The average molecular weight is 338 g/mol. The number of rotatable bonds is 3. The van der Waals surface area contributed by atoms with E-state index in [-0.39, 0.29) is 23.6 Å². The highest BCUT2D eigenvalue weighted by Crippen LogP contribution is 2.43. The molecule has 25 heavy (non-hydrogen) atoms. The van der Waals surface area contributed by atoms with Crippen LogP contribution in [-0.4, -0.2) is 12.1 Å². The Morgan fingerprint density at radius 1 is 0.920 bits per heavy atom. The largest absolute Gasteiger partial charge is 0.334 e. The first-order valence-electron chi connectivity index (χ1n) is 8.12. The predicted octanol–water partition coefficient (Wildman–Crippen LogP) is 4.80. The summed E-state index contributed by atoms with van der Waals surface area (Å²) in [5.41, 5.74) is 0.753. The minimum Gasteiger partial charge on any atom is -0.334 e. The number of amides is 2. The molecule has 3 aromatic rings. The van der Waals surface area contributed by atoms with Crippen molar-refractivity contribution in [2.75, 3.05) is 5.32 Å². The molecule has 1 fully saturated rings. The van der Waals surface area contributed by atoms with Gasteiger partial charge in [-0.2, -0.15) is 0 Å². The summed E-state index contributed by atoms with van der Waals surface area (Å²) in [7, 11) is 0. The number of hydrogen-bond acceptors (Lipinski definition) is 1. The fourth-order valence-electron chi connectivity index (χ4n) is 3.20. The second kappa shape index (κ2) is 6.16. The van der Waals surface area contributed by atoms with Crippen molar-refractivity contribution in [3.8, 4) is 0 Å². The molecule has 0 aliphatic heterocycles. The molecule has 3 aromatic carbocycles. The summed E-state index contributed by atoms with van der Waals surface area (Å²) in [6.45, 7) is 0. The molecule has 1 saturated carbocycles. The number of hydrogen-bond donors (Lipinski definition) is 2. The summed E-state index contributed by atoms with van der Waals surface area (Å²) >= 11 is 0. The van der Waals surface area contributed by atoms with Crippen LogP contribution in [0.1, 0.15) is 17.9 Å². The summed E-state index contributed by atoms with van der Waals surface area (Å²) in [5.74, 6) is -1.45. The second-order valence-corrected chi connectivity index (χ2v) is 6.21. The van der Waals surface area contributed by atoms with Crippen molar-refractivity contribution in [1.82, 2.24) is 5.32 Å². The van der Waals surface area contributed by atoms with Crippen LogP contribution in [0.5, 0.6) is 0 Å². The van der Waals surface area contributed by atoms with Gasteiger partial charge in [-0.15, -0.1) is 0 Å². The zero-order chi connectivity index (χ0) is 17.4. The van der Waals surface area contributed by atoms with Gasteiger partial charge >= 0.3 is 6.03 Å². The first kappa shape index (κ1) is 15.6. The van der Waals surface area contributed by atoms with Crippen LogP contribution in [0.2, 0.25) is 0 Å². The van der Waals surface area contributed by atoms with Crippen LogP contribution < -0.4 is 10.6 Å². The third-order valence-corrected chi connectivity index (χ3v) is 4.52. The van der Waals surface area contributed by atoms with E-state index >= 15 is 0 Å². The monoisotopic (exact) mass is 338 g/mol. The first-order chi connectivity index (χ1) is 12.1. The Balaban J connectivity index is 1.45. The molecule has 0 heterocycles. The van der Waals surface area contributed by atoms with E-state index in [1.165, 1.54) is 18.2 Å². The Labute approximate surface area is 143 Å². The molecule has 0 unspecified atom stereocenters. The number of urea groups is 1. The summed E-state index contributed by atoms with van der Waals surface area (Å²) in [4.78, 5) is 12.2. The van der Waals surface area contributed by atoms with Gasteiger partial charge in [-0.3, -0.25) is 0 Å². The van der Waals surface area contributed by atoms with Crippen LogP contribution in [0.4, 0.5) is 19.3 Å². The molecule has 2 atom stereocenters. The minimum absolute atomic E-state index is 0.0537. The lowest BCUT2D eigenvalue weighted by Crippen LogP contribution is -2.31. The zero-order valence-corrected chi connectivity index (χ0v) is 13.3. The maximum absolute atomic E-state index is 13.8. The van der Waals surface area contributed by atoms with Crippen molar-refractivity contribution >= 4 is 22.5 Å². The van der Waals surface area contributed by atoms with Crippen LogP contribution in [0.3, 0.4) is 0 Å². The van der Waals surface area contributed by atoms with E-state index in [1.54, 1.807) is 0 Å². The number of carbonyl (C=O) groups excluding carboxylic acids is 1. The van der Waals surface area contributed by atoms with Crippen LogP contribution >= 0.6 is 0 Å². The maximum atomic E-state index is 13.8. The molecule has 1 aliphatic carbocycles. The average Bonchev–Trinajstić information content (AvgIpc) is 3.33. The molecule has 0 spiro atoms. The van der Waals surface area contributed by atoms with E-state index in [4.69, 9.17) is 0 Å². The molecule has 4 rings (SSSR count). The fraction of sp³-hybridized carbons (Fsp3) is 0.150. The number of benzene rings is 3. The highest BCUT2D eigenvalue weighted by molar-refractivity contribution is 6.01. The molecule has 2 N–H and O–H groups in total. The Hall–Kier alpha value is -2.95. The molecule has 126 valence electrons. The van der Waals surface area contributed by atoms with Gasteiger partial charge in [-0.1, -0.05) is 42.5 Å². The van der Waals surface area contributed by atoms with E-state index in [2.05, 4.69) is 10.6 Å². The summed E-state index contributed by atoms with van der Waals surface area (Å²) < 4.78 is 27.6. The molecular formula is C20H16F2N2O. The van der Waals surface area contributed by atoms with Gasteiger partial charge in [0, 0.05) is 22.9 Å². The van der Waals surface area contributed by atoms with Gasteiger partial charge in [0.25, 0.3) is 0 Å². The Morgan fingerprint density at radius 3 is 2.40 bits per heavy atom. The topological polar surface area (TPSA) is 41.1 Å². The van der Waals surface area contributed by atoms with Crippen molar-refractivity contribution < 1.29 is 13.6 Å². The maximum Gasteiger partial charge on any atom is 0.319 e. The molecule has 1 aliphatic rings. The minimum atomic E-state index is -0.566.